The molecule has 3 aromatic heterocycles. The lowest BCUT2D eigenvalue weighted by atomic mass is 10.2. The minimum absolute atomic E-state index is 0.230. The number of ether oxygens (including phenoxy) is 2. The van der Waals surface area contributed by atoms with Gasteiger partial charge in [-0.1, -0.05) is 0 Å². The third-order valence-corrected chi connectivity index (χ3v) is 3.43. The molecule has 3 aromatic rings. The van der Waals surface area contributed by atoms with Gasteiger partial charge in [0.05, 0.1) is 31.8 Å². The number of nitriles is 1. The van der Waals surface area contributed by atoms with Crippen LogP contribution in [0.3, 0.4) is 0 Å². The highest BCUT2D eigenvalue weighted by Gasteiger charge is 2.18. The second-order valence-electron chi connectivity index (χ2n) is 5.24. The van der Waals surface area contributed by atoms with E-state index in [0.29, 0.717) is 54.2 Å². The average Bonchev–Trinajstić information content (AvgIpc) is 3.16. The number of nitrogens with one attached hydrogen (secondary N) is 2. The van der Waals surface area contributed by atoms with Crippen LogP contribution in [0.25, 0.3) is 11.3 Å². The molecule has 0 bridgehead atoms. The van der Waals surface area contributed by atoms with Gasteiger partial charge in [0, 0.05) is 6.07 Å². The van der Waals surface area contributed by atoms with E-state index in [1.165, 1.54) is 25.8 Å². The fraction of sp³-hybridized carbons (Fsp3) is 0.250. The van der Waals surface area contributed by atoms with Crippen LogP contribution in [-0.2, 0) is 0 Å². The van der Waals surface area contributed by atoms with Gasteiger partial charge in [0.2, 0.25) is 11.8 Å². The van der Waals surface area contributed by atoms with Crippen LogP contribution in [0, 0.1) is 11.3 Å². The third kappa shape index (κ3) is 4.25. The van der Waals surface area contributed by atoms with Crippen molar-refractivity contribution in [3.63, 3.8) is 0 Å². The van der Waals surface area contributed by atoms with Gasteiger partial charge in [-0.3, -0.25) is 5.10 Å². The maximum atomic E-state index is 8.77. The van der Waals surface area contributed by atoms with E-state index >= 15 is 0 Å². The van der Waals surface area contributed by atoms with E-state index in [1.807, 2.05) is 6.07 Å². The summed E-state index contributed by atoms with van der Waals surface area (Å²) in [6.45, 7) is 0.936. The topological polar surface area (TPSA) is 161 Å². The highest BCUT2D eigenvalue weighted by Crippen LogP contribution is 2.35. The third-order valence-electron chi connectivity index (χ3n) is 3.43. The Balaban J connectivity index is 1.85. The molecule has 0 radical (unpaired) electrons. The van der Waals surface area contributed by atoms with Crippen molar-refractivity contribution in [2.24, 2.45) is 5.73 Å². The van der Waals surface area contributed by atoms with Gasteiger partial charge in [-0.15, -0.1) is 0 Å². The number of hydrogen-bond donors (Lipinski definition) is 3. The zero-order chi connectivity index (χ0) is 19.1. The van der Waals surface area contributed by atoms with Crippen LogP contribution in [-0.4, -0.2) is 50.4 Å². The highest BCUT2D eigenvalue weighted by atomic mass is 16.5. The van der Waals surface area contributed by atoms with Crippen LogP contribution in [0.2, 0.25) is 0 Å². The van der Waals surface area contributed by atoms with Gasteiger partial charge >= 0.3 is 0 Å². The van der Waals surface area contributed by atoms with Gasteiger partial charge in [-0.2, -0.15) is 10.4 Å². The van der Waals surface area contributed by atoms with Gasteiger partial charge in [-0.25, -0.2) is 19.9 Å². The first kappa shape index (κ1) is 18.0. The predicted molar refractivity (Wildman–Crippen MR) is 95.4 cm³/mol. The monoisotopic (exact) mass is 367 g/mol. The Morgan fingerprint density at radius 1 is 1.19 bits per heavy atom. The van der Waals surface area contributed by atoms with Crippen molar-refractivity contribution < 1.29 is 9.47 Å². The van der Waals surface area contributed by atoms with Gasteiger partial charge in [-0.05, 0) is 13.0 Å². The van der Waals surface area contributed by atoms with Gasteiger partial charge < -0.3 is 20.5 Å². The van der Waals surface area contributed by atoms with Gasteiger partial charge in [0.15, 0.2) is 11.5 Å². The summed E-state index contributed by atoms with van der Waals surface area (Å²) in [4.78, 5) is 16.3. The van der Waals surface area contributed by atoms with Crippen molar-refractivity contribution in [3.8, 4) is 29.1 Å². The highest BCUT2D eigenvalue weighted by molar-refractivity contribution is 5.73. The summed E-state index contributed by atoms with van der Waals surface area (Å²) in [5.74, 6) is 1.65. The molecule has 0 spiro atoms. The number of nitrogens with two attached hydrogens (primary N) is 1. The minimum Gasteiger partial charge on any atom is -0.480 e. The van der Waals surface area contributed by atoms with Crippen LogP contribution in [0.15, 0.2) is 24.8 Å². The smallest absolute Gasteiger partial charge is 0.230 e. The second-order valence-corrected chi connectivity index (χ2v) is 5.24. The molecule has 0 aliphatic heterocycles. The van der Waals surface area contributed by atoms with Crippen molar-refractivity contribution in [2.45, 2.75) is 6.42 Å². The first-order chi connectivity index (χ1) is 13.2. The zero-order valence-corrected chi connectivity index (χ0v) is 14.5. The Kier molecular flexibility index (Phi) is 5.70. The molecule has 0 fully saturated rings. The summed E-state index contributed by atoms with van der Waals surface area (Å²) >= 11 is 0. The summed E-state index contributed by atoms with van der Waals surface area (Å²) in [5.41, 5.74) is 6.87. The van der Waals surface area contributed by atoms with E-state index in [9.17, 15) is 0 Å². The summed E-state index contributed by atoms with van der Waals surface area (Å²) < 4.78 is 11.0. The Hall–Kier alpha value is -3.78. The van der Waals surface area contributed by atoms with E-state index in [2.05, 4.69) is 35.5 Å². The lowest BCUT2D eigenvalue weighted by molar-refractivity contribution is 0.298. The molecule has 11 heteroatoms. The molecular formula is C16H17N9O2. The van der Waals surface area contributed by atoms with Crippen LogP contribution in [0.5, 0.6) is 11.8 Å². The SMILES string of the molecule is COc1ncnc(OCCCN)c1-c1cc(Nc2cnc(C#N)cn2)n[nH]1. The Bertz CT molecular complexity index is 934. The number of hydrogen-bond acceptors (Lipinski definition) is 10. The normalized spacial score (nSPS) is 10.3. The predicted octanol–water partition coefficient (Wildman–Crippen LogP) is 1.01. The number of H-pyrrole nitrogens is 1. The number of methoxy groups -OCH3 is 1. The van der Waals surface area contributed by atoms with Crippen molar-refractivity contribution >= 4 is 11.6 Å². The standard InChI is InChI=1S/C16H17N9O2/c1-26-15-14(16(22-9-21-15)27-4-2-3-17)11-5-12(25-24-11)23-13-8-19-10(6-18)7-20-13/h5,7-9H,2-4,17H2,1H3,(H2,20,23,24,25). The molecule has 138 valence electrons. The van der Waals surface area contributed by atoms with Crippen molar-refractivity contribution in [3.05, 3.63) is 30.5 Å². The van der Waals surface area contributed by atoms with Crippen LogP contribution < -0.4 is 20.5 Å². The minimum atomic E-state index is 0.230. The number of aromatic nitrogens is 6. The molecule has 11 nitrogen and oxygen atoms in total. The van der Waals surface area contributed by atoms with Crippen LogP contribution in [0.1, 0.15) is 12.1 Å². The molecule has 0 aliphatic carbocycles. The zero-order valence-electron chi connectivity index (χ0n) is 14.5. The van der Waals surface area contributed by atoms with E-state index in [0.717, 1.165) is 0 Å². The molecule has 0 saturated carbocycles. The number of nitrogens with zero attached hydrogens (tertiary/aromatic N) is 6. The van der Waals surface area contributed by atoms with E-state index in [4.69, 9.17) is 20.5 Å². The summed E-state index contributed by atoms with van der Waals surface area (Å²) in [6.07, 6.45) is 4.87. The van der Waals surface area contributed by atoms with Gasteiger partial charge in [0.1, 0.15) is 23.8 Å². The molecule has 4 N–H and O–H groups in total. The quantitative estimate of drug-likeness (QED) is 0.490. The Morgan fingerprint density at radius 2 is 2.04 bits per heavy atom. The lowest BCUT2D eigenvalue weighted by Gasteiger charge is -2.11. The van der Waals surface area contributed by atoms with Crippen molar-refractivity contribution in [2.75, 3.05) is 25.6 Å². The van der Waals surface area contributed by atoms with Crippen LogP contribution >= 0.6 is 0 Å². The second kappa shape index (κ2) is 8.54. The maximum Gasteiger partial charge on any atom is 0.230 e. The Labute approximate surface area is 154 Å². The molecule has 0 unspecified atom stereocenters. The summed E-state index contributed by atoms with van der Waals surface area (Å²) in [5, 5.41) is 18.8. The van der Waals surface area contributed by atoms with Crippen molar-refractivity contribution in [1.82, 2.24) is 30.1 Å². The molecule has 3 heterocycles. The molecule has 0 atom stereocenters. The molecule has 3 rings (SSSR count). The first-order valence-electron chi connectivity index (χ1n) is 8.02. The number of anilines is 2. The van der Waals surface area contributed by atoms with E-state index < -0.39 is 0 Å². The average molecular weight is 367 g/mol. The summed E-state index contributed by atoms with van der Waals surface area (Å²) in [6, 6.07) is 3.64. The fourth-order valence-electron chi connectivity index (χ4n) is 2.20. The first-order valence-corrected chi connectivity index (χ1v) is 8.02. The molecular weight excluding hydrogens is 350 g/mol. The largest absolute Gasteiger partial charge is 0.480 e. The molecule has 0 aliphatic rings. The number of rotatable bonds is 8. The molecule has 27 heavy (non-hydrogen) atoms. The van der Waals surface area contributed by atoms with E-state index in [1.54, 1.807) is 6.07 Å². The van der Waals surface area contributed by atoms with E-state index in [-0.39, 0.29) is 5.69 Å². The summed E-state index contributed by atoms with van der Waals surface area (Å²) in [7, 11) is 1.51. The van der Waals surface area contributed by atoms with Gasteiger partial charge in [0.25, 0.3) is 0 Å². The fourth-order valence-corrected chi connectivity index (χ4v) is 2.20. The lowest BCUT2D eigenvalue weighted by Crippen LogP contribution is -2.08. The molecule has 0 aromatic carbocycles. The van der Waals surface area contributed by atoms with Crippen LogP contribution in [0.4, 0.5) is 11.6 Å². The molecule has 0 saturated heterocycles. The van der Waals surface area contributed by atoms with Crippen molar-refractivity contribution in [1.29, 1.82) is 5.26 Å². The number of aromatic amines is 1. The molecule has 0 amide bonds. The Morgan fingerprint density at radius 3 is 2.74 bits per heavy atom. The maximum absolute atomic E-state index is 8.77.